The number of para-hydroxylation sites is 5. The van der Waals surface area contributed by atoms with E-state index in [1.165, 1.54) is 32.6 Å². The second kappa shape index (κ2) is 10.8. The normalized spacial score (nSPS) is 11.9. The number of fused-ring (bicyclic) bond motifs is 10. The fourth-order valence-electron chi connectivity index (χ4n) is 7.99. The first-order valence-corrected chi connectivity index (χ1v) is 17.2. The number of aromatic nitrogens is 4. The van der Waals surface area contributed by atoms with Gasteiger partial charge in [-0.2, -0.15) is 0 Å². The Labute approximate surface area is 292 Å². The van der Waals surface area contributed by atoms with E-state index < -0.39 is 0 Å². The summed E-state index contributed by atoms with van der Waals surface area (Å²) >= 11 is 0. The first-order valence-electron chi connectivity index (χ1n) is 17.2. The molecule has 0 aliphatic rings. The molecule has 4 aromatic heterocycles. The van der Waals surface area contributed by atoms with Gasteiger partial charge in [-0.25, -0.2) is 9.97 Å². The van der Waals surface area contributed by atoms with E-state index in [1.807, 2.05) is 36.4 Å². The maximum atomic E-state index is 6.42. The van der Waals surface area contributed by atoms with E-state index in [0.29, 0.717) is 11.4 Å². The SMILES string of the molecule is c1ccc(-c2nc(-c3ccccc3-n3c4ccccc4c4c5c6ccccc6n(-c6ccccc6)c5ccc43)nc3c2oc2ccccc23)cc1. The van der Waals surface area contributed by atoms with E-state index in [-0.39, 0.29) is 0 Å². The topological polar surface area (TPSA) is 48.8 Å². The van der Waals surface area contributed by atoms with Crippen molar-refractivity contribution in [3.8, 4) is 34.0 Å². The monoisotopic (exact) mass is 652 g/mol. The maximum Gasteiger partial charge on any atom is 0.180 e. The van der Waals surface area contributed by atoms with Crippen LogP contribution in [0.1, 0.15) is 0 Å². The lowest BCUT2D eigenvalue weighted by Crippen LogP contribution is -2.00. The molecule has 0 radical (unpaired) electrons. The van der Waals surface area contributed by atoms with Crippen LogP contribution in [0.25, 0.3) is 99.7 Å². The van der Waals surface area contributed by atoms with Crippen molar-refractivity contribution in [2.45, 2.75) is 0 Å². The van der Waals surface area contributed by atoms with Crippen LogP contribution in [0, 0.1) is 0 Å². The zero-order valence-corrected chi connectivity index (χ0v) is 27.4. The van der Waals surface area contributed by atoms with E-state index in [1.54, 1.807) is 0 Å². The predicted octanol–water partition coefficient (Wildman–Crippen LogP) is 11.9. The van der Waals surface area contributed by atoms with Crippen LogP contribution in [-0.4, -0.2) is 19.1 Å². The average molecular weight is 653 g/mol. The van der Waals surface area contributed by atoms with Gasteiger partial charge in [0.2, 0.25) is 0 Å². The molecule has 5 heteroatoms. The Balaban J connectivity index is 1.24. The van der Waals surface area contributed by atoms with Gasteiger partial charge in [0.05, 0.1) is 27.8 Å². The Bertz CT molecular complexity index is 3130. The van der Waals surface area contributed by atoms with Crippen molar-refractivity contribution in [2.24, 2.45) is 0 Å². The van der Waals surface area contributed by atoms with Crippen LogP contribution in [-0.2, 0) is 0 Å². The van der Waals surface area contributed by atoms with Gasteiger partial charge in [-0.1, -0.05) is 109 Å². The third-order valence-corrected chi connectivity index (χ3v) is 10.1. The highest BCUT2D eigenvalue weighted by atomic mass is 16.3. The summed E-state index contributed by atoms with van der Waals surface area (Å²) in [5, 5.41) is 5.87. The molecule has 11 rings (SSSR count). The highest BCUT2D eigenvalue weighted by molar-refractivity contribution is 6.29. The fraction of sp³-hybridized carbons (Fsp3) is 0. The van der Waals surface area contributed by atoms with Gasteiger partial charge in [0, 0.05) is 43.7 Å². The molecule has 238 valence electrons. The van der Waals surface area contributed by atoms with Crippen molar-refractivity contribution in [1.82, 2.24) is 19.1 Å². The molecular formula is C46H28N4O. The second-order valence-electron chi connectivity index (χ2n) is 12.9. The molecule has 51 heavy (non-hydrogen) atoms. The Morgan fingerprint density at radius 1 is 0.431 bits per heavy atom. The van der Waals surface area contributed by atoms with Gasteiger partial charge in [0.1, 0.15) is 16.8 Å². The molecule has 0 saturated carbocycles. The molecule has 0 saturated heterocycles. The highest BCUT2D eigenvalue weighted by Gasteiger charge is 2.23. The molecule has 0 bridgehead atoms. The number of hydrogen-bond donors (Lipinski definition) is 0. The summed E-state index contributed by atoms with van der Waals surface area (Å²) in [7, 11) is 0. The molecule has 0 atom stereocenters. The minimum Gasteiger partial charge on any atom is -0.452 e. The lowest BCUT2D eigenvalue weighted by atomic mass is 10.1. The number of rotatable bonds is 4. The number of furan rings is 1. The van der Waals surface area contributed by atoms with Crippen molar-refractivity contribution in [3.05, 3.63) is 170 Å². The van der Waals surface area contributed by atoms with Gasteiger partial charge in [-0.05, 0) is 60.7 Å². The zero-order valence-electron chi connectivity index (χ0n) is 27.4. The van der Waals surface area contributed by atoms with Crippen molar-refractivity contribution in [2.75, 3.05) is 0 Å². The Morgan fingerprint density at radius 2 is 1.00 bits per heavy atom. The molecule has 11 aromatic rings. The van der Waals surface area contributed by atoms with Gasteiger partial charge >= 0.3 is 0 Å². The van der Waals surface area contributed by atoms with Gasteiger partial charge < -0.3 is 13.6 Å². The van der Waals surface area contributed by atoms with Crippen molar-refractivity contribution in [1.29, 1.82) is 0 Å². The summed E-state index contributed by atoms with van der Waals surface area (Å²) in [5.41, 5.74) is 11.8. The van der Waals surface area contributed by atoms with E-state index >= 15 is 0 Å². The summed E-state index contributed by atoms with van der Waals surface area (Å²) in [6.07, 6.45) is 0. The molecule has 7 aromatic carbocycles. The summed E-state index contributed by atoms with van der Waals surface area (Å²) in [6, 6.07) is 59.5. The van der Waals surface area contributed by atoms with Gasteiger partial charge in [0.25, 0.3) is 0 Å². The number of nitrogens with zero attached hydrogens (tertiary/aromatic N) is 4. The molecule has 0 unspecified atom stereocenters. The molecular weight excluding hydrogens is 625 g/mol. The molecule has 4 heterocycles. The largest absolute Gasteiger partial charge is 0.452 e. The molecule has 0 spiro atoms. The number of benzene rings is 7. The summed E-state index contributed by atoms with van der Waals surface area (Å²) in [4.78, 5) is 10.5. The summed E-state index contributed by atoms with van der Waals surface area (Å²) < 4.78 is 11.2. The summed E-state index contributed by atoms with van der Waals surface area (Å²) in [6.45, 7) is 0. The lowest BCUT2D eigenvalue weighted by Gasteiger charge is -2.14. The first kappa shape index (κ1) is 27.9. The highest BCUT2D eigenvalue weighted by Crippen LogP contribution is 2.44. The van der Waals surface area contributed by atoms with Crippen LogP contribution in [0.2, 0.25) is 0 Å². The van der Waals surface area contributed by atoms with E-state index in [9.17, 15) is 0 Å². The van der Waals surface area contributed by atoms with Gasteiger partial charge in [-0.15, -0.1) is 0 Å². The summed E-state index contributed by atoms with van der Waals surface area (Å²) in [5.74, 6) is 0.649. The fourth-order valence-corrected chi connectivity index (χ4v) is 7.99. The van der Waals surface area contributed by atoms with E-state index in [0.717, 1.165) is 55.7 Å². The smallest absolute Gasteiger partial charge is 0.180 e. The molecule has 5 nitrogen and oxygen atoms in total. The molecule has 0 N–H and O–H groups in total. The van der Waals surface area contributed by atoms with E-state index in [2.05, 4.69) is 143 Å². The quantitative estimate of drug-likeness (QED) is 0.190. The maximum absolute atomic E-state index is 6.42. The molecule has 0 aliphatic heterocycles. The third kappa shape index (κ3) is 4.03. The Morgan fingerprint density at radius 3 is 1.75 bits per heavy atom. The van der Waals surface area contributed by atoms with Crippen LogP contribution < -0.4 is 0 Å². The minimum absolute atomic E-state index is 0.649. The Kier molecular flexibility index (Phi) is 5.89. The van der Waals surface area contributed by atoms with Crippen molar-refractivity contribution in [3.63, 3.8) is 0 Å². The van der Waals surface area contributed by atoms with Crippen molar-refractivity contribution < 1.29 is 4.42 Å². The standard InChI is InChI=1S/C46H28N4O/c1-3-15-29(16-4-1)43-45-44(34-22-10-14-26-40(34)51-45)48-46(47-43)33-21-9-13-25-37(33)50-36-24-12-8-20-32(36)42-39(50)28-27-38-41(42)31-19-7-11-23-35(31)49(38)30-17-5-2-6-18-30/h1-28H. The van der Waals surface area contributed by atoms with Crippen LogP contribution in [0.5, 0.6) is 0 Å². The average Bonchev–Trinajstić information content (AvgIpc) is 3.86. The number of hydrogen-bond acceptors (Lipinski definition) is 3. The van der Waals surface area contributed by atoms with Crippen LogP contribution in [0.15, 0.2) is 174 Å². The van der Waals surface area contributed by atoms with Crippen LogP contribution >= 0.6 is 0 Å². The van der Waals surface area contributed by atoms with Gasteiger partial charge in [-0.3, -0.25) is 0 Å². The lowest BCUT2D eigenvalue weighted by molar-refractivity contribution is 0.667. The van der Waals surface area contributed by atoms with Crippen molar-refractivity contribution >= 4 is 65.7 Å². The van der Waals surface area contributed by atoms with E-state index in [4.69, 9.17) is 14.4 Å². The molecule has 0 aliphatic carbocycles. The third-order valence-electron chi connectivity index (χ3n) is 10.1. The molecule has 0 fully saturated rings. The first-order chi connectivity index (χ1) is 25.3. The van der Waals surface area contributed by atoms with Gasteiger partial charge in [0.15, 0.2) is 11.4 Å². The van der Waals surface area contributed by atoms with Crippen LogP contribution in [0.4, 0.5) is 0 Å². The predicted molar refractivity (Wildman–Crippen MR) is 209 cm³/mol. The molecule has 0 amide bonds. The van der Waals surface area contributed by atoms with Crippen LogP contribution in [0.3, 0.4) is 0 Å². The zero-order chi connectivity index (χ0) is 33.5. The minimum atomic E-state index is 0.649. The Hall–Kier alpha value is -6.98. The second-order valence-corrected chi connectivity index (χ2v) is 12.9.